The van der Waals surface area contributed by atoms with Crippen molar-refractivity contribution in [2.75, 3.05) is 26.2 Å². The fraction of sp³-hybridized carbons (Fsp3) is 0.588. The SMILES string of the molecule is CCNC(=NCC1(C)CCCO1)NCCc1cccc(F)c1F.I. The molecule has 1 fully saturated rings. The Morgan fingerprint density at radius 2 is 2.12 bits per heavy atom. The number of hydrogen-bond acceptors (Lipinski definition) is 2. The number of halogens is 3. The van der Waals surface area contributed by atoms with Crippen LogP contribution in [0.25, 0.3) is 0 Å². The van der Waals surface area contributed by atoms with Gasteiger partial charge >= 0.3 is 0 Å². The molecular formula is C17H26F2IN3O. The average molecular weight is 453 g/mol. The second-order valence-electron chi connectivity index (χ2n) is 5.99. The zero-order valence-electron chi connectivity index (χ0n) is 14.2. The lowest BCUT2D eigenvalue weighted by atomic mass is 10.0. The highest BCUT2D eigenvalue weighted by molar-refractivity contribution is 14.0. The summed E-state index contributed by atoms with van der Waals surface area (Å²) in [5, 5.41) is 6.30. The van der Waals surface area contributed by atoms with Gasteiger partial charge in [-0.15, -0.1) is 24.0 Å². The zero-order chi connectivity index (χ0) is 16.7. The van der Waals surface area contributed by atoms with Gasteiger partial charge in [0.2, 0.25) is 0 Å². The molecule has 1 aliphatic rings. The highest BCUT2D eigenvalue weighted by Crippen LogP contribution is 2.24. The molecular weight excluding hydrogens is 427 g/mol. The van der Waals surface area contributed by atoms with Gasteiger partial charge in [0, 0.05) is 19.7 Å². The first-order chi connectivity index (χ1) is 11.0. The van der Waals surface area contributed by atoms with Gasteiger partial charge in [-0.1, -0.05) is 12.1 Å². The number of benzene rings is 1. The molecule has 1 unspecified atom stereocenters. The molecule has 0 amide bonds. The average Bonchev–Trinajstić information content (AvgIpc) is 2.96. The van der Waals surface area contributed by atoms with E-state index in [2.05, 4.69) is 22.5 Å². The summed E-state index contributed by atoms with van der Waals surface area (Å²) in [7, 11) is 0. The molecule has 1 aliphatic heterocycles. The van der Waals surface area contributed by atoms with E-state index in [9.17, 15) is 8.78 Å². The van der Waals surface area contributed by atoms with Crippen molar-refractivity contribution in [3.63, 3.8) is 0 Å². The van der Waals surface area contributed by atoms with Gasteiger partial charge in [0.15, 0.2) is 17.6 Å². The van der Waals surface area contributed by atoms with E-state index in [0.29, 0.717) is 31.0 Å². The Morgan fingerprint density at radius 3 is 2.79 bits per heavy atom. The van der Waals surface area contributed by atoms with E-state index in [1.54, 1.807) is 6.07 Å². The maximum absolute atomic E-state index is 13.6. The van der Waals surface area contributed by atoms with E-state index >= 15 is 0 Å². The van der Waals surface area contributed by atoms with Crippen molar-refractivity contribution in [3.05, 3.63) is 35.4 Å². The summed E-state index contributed by atoms with van der Waals surface area (Å²) >= 11 is 0. The number of ether oxygens (including phenoxy) is 1. The normalized spacial score (nSPS) is 20.6. The van der Waals surface area contributed by atoms with Crippen LogP contribution in [-0.4, -0.2) is 37.8 Å². The van der Waals surface area contributed by atoms with Crippen molar-refractivity contribution < 1.29 is 13.5 Å². The quantitative estimate of drug-likeness (QED) is 0.395. The van der Waals surface area contributed by atoms with Crippen molar-refractivity contribution in [1.82, 2.24) is 10.6 Å². The van der Waals surface area contributed by atoms with Crippen molar-refractivity contribution in [2.24, 2.45) is 4.99 Å². The molecule has 0 radical (unpaired) electrons. The van der Waals surface area contributed by atoms with Crippen LogP contribution in [0.5, 0.6) is 0 Å². The first kappa shape index (κ1) is 21.1. The maximum atomic E-state index is 13.6. The van der Waals surface area contributed by atoms with Gasteiger partial charge < -0.3 is 15.4 Å². The van der Waals surface area contributed by atoms with Crippen LogP contribution in [0.4, 0.5) is 8.78 Å². The topological polar surface area (TPSA) is 45.7 Å². The monoisotopic (exact) mass is 453 g/mol. The van der Waals surface area contributed by atoms with E-state index in [-0.39, 0.29) is 29.6 Å². The Hall–Kier alpha value is -0.960. The Kier molecular flexibility index (Phi) is 8.90. The molecule has 0 aromatic heterocycles. The van der Waals surface area contributed by atoms with Gasteiger partial charge in [0.1, 0.15) is 0 Å². The smallest absolute Gasteiger partial charge is 0.191 e. The summed E-state index contributed by atoms with van der Waals surface area (Å²) in [6.07, 6.45) is 2.46. The number of guanidine groups is 1. The Bertz CT molecular complexity index is 549. The van der Waals surface area contributed by atoms with Crippen LogP contribution in [0.15, 0.2) is 23.2 Å². The minimum Gasteiger partial charge on any atom is -0.373 e. The third-order valence-corrected chi connectivity index (χ3v) is 3.93. The summed E-state index contributed by atoms with van der Waals surface area (Å²) in [4.78, 5) is 4.54. The second kappa shape index (κ2) is 10.1. The predicted molar refractivity (Wildman–Crippen MR) is 103 cm³/mol. The molecule has 0 bridgehead atoms. The molecule has 1 aromatic rings. The molecule has 1 saturated heterocycles. The van der Waals surface area contributed by atoms with Gasteiger partial charge in [0.25, 0.3) is 0 Å². The van der Waals surface area contributed by atoms with Crippen molar-refractivity contribution in [2.45, 2.75) is 38.7 Å². The molecule has 0 spiro atoms. The Labute approximate surface area is 159 Å². The fourth-order valence-electron chi connectivity index (χ4n) is 2.61. The van der Waals surface area contributed by atoms with Crippen LogP contribution < -0.4 is 10.6 Å². The van der Waals surface area contributed by atoms with E-state index < -0.39 is 11.6 Å². The molecule has 1 atom stereocenters. The molecule has 1 heterocycles. The summed E-state index contributed by atoms with van der Waals surface area (Å²) in [5.41, 5.74) is 0.163. The van der Waals surface area contributed by atoms with Crippen LogP contribution in [0.1, 0.15) is 32.3 Å². The molecule has 1 aromatic carbocycles. The third-order valence-electron chi connectivity index (χ3n) is 3.93. The van der Waals surface area contributed by atoms with E-state index in [1.807, 2.05) is 6.92 Å². The van der Waals surface area contributed by atoms with Crippen LogP contribution in [0.3, 0.4) is 0 Å². The molecule has 24 heavy (non-hydrogen) atoms. The lowest BCUT2D eigenvalue weighted by molar-refractivity contribution is 0.0283. The van der Waals surface area contributed by atoms with Crippen LogP contribution in [-0.2, 0) is 11.2 Å². The molecule has 2 rings (SSSR count). The van der Waals surface area contributed by atoms with Gasteiger partial charge in [-0.05, 0) is 44.7 Å². The Morgan fingerprint density at radius 1 is 1.33 bits per heavy atom. The van der Waals surface area contributed by atoms with Gasteiger partial charge in [-0.3, -0.25) is 4.99 Å². The van der Waals surface area contributed by atoms with Gasteiger partial charge in [-0.25, -0.2) is 8.78 Å². The first-order valence-electron chi connectivity index (χ1n) is 8.13. The van der Waals surface area contributed by atoms with Gasteiger partial charge in [-0.2, -0.15) is 0 Å². The summed E-state index contributed by atoms with van der Waals surface area (Å²) in [6.45, 7) is 6.62. The lowest BCUT2D eigenvalue weighted by Gasteiger charge is -2.21. The highest BCUT2D eigenvalue weighted by Gasteiger charge is 2.29. The number of hydrogen-bond donors (Lipinski definition) is 2. The lowest BCUT2D eigenvalue weighted by Crippen LogP contribution is -2.40. The predicted octanol–water partition coefficient (Wildman–Crippen LogP) is 3.25. The molecule has 0 saturated carbocycles. The third kappa shape index (κ3) is 6.16. The number of nitrogens with zero attached hydrogens (tertiary/aromatic N) is 1. The summed E-state index contributed by atoms with van der Waals surface area (Å²) in [6, 6.07) is 4.24. The largest absolute Gasteiger partial charge is 0.373 e. The van der Waals surface area contributed by atoms with Crippen molar-refractivity contribution in [3.8, 4) is 0 Å². The second-order valence-corrected chi connectivity index (χ2v) is 5.99. The fourth-order valence-corrected chi connectivity index (χ4v) is 2.61. The Balaban J connectivity index is 0.00000288. The molecule has 7 heteroatoms. The van der Waals surface area contributed by atoms with Gasteiger partial charge in [0.05, 0.1) is 12.1 Å². The summed E-state index contributed by atoms with van der Waals surface area (Å²) < 4.78 is 32.5. The minimum absolute atomic E-state index is 0. The summed E-state index contributed by atoms with van der Waals surface area (Å²) in [5.74, 6) is -0.918. The highest BCUT2D eigenvalue weighted by atomic mass is 127. The van der Waals surface area contributed by atoms with E-state index in [4.69, 9.17) is 4.74 Å². The minimum atomic E-state index is -0.811. The molecule has 4 nitrogen and oxygen atoms in total. The molecule has 136 valence electrons. The molecule has 2 N–H and O–H groups in total. The van der Waals surface area contributed by atoms with Crippen molar-refractivity contribution in [1.29, 1.82) is 0 Å². The molecule has 0 aliphatic carbocycles. The number of rotatable bonds is 6. The first-order valence-corrected chi connectivity index (χ1v) is 8.13. The van der Waals surface area contributed by atoms with Crippen LogP contribution >= 0.6 is 24.0 Å². The standard InChI is InChI=1S/C17H25F2N3O.HI/c1-3-20-16(22-12-17(2)9-5-11-23-17)21-10-8-13-6-4-7-14(18)15(13)19;/h4,6-7H,3,5,8-12H2,1-2H3,(H2,20,21,22);1H. The van der Waals surface area contributed by atoms with E-state index in [0.717, 1.165) is 32.1 Å². The number of aliphatic imine (C=N–C) groups is 1. The van der Waals surface area contributed by atoms with Crippen LogP contribution in [0, 0.1) is 11.6 Å². The van der Waals surface area contributed by atoms with E-state index in [1.165, 1.54) is 6.07 Å². The van der Waals surface area contributed by atoms with Crippen LogP contribution in [0.2, 0.25) is 0 Å². The zero-order valence-corrected chi connectivity index (χ0v) is 16.5. The maximum Gasteiger partial charge on any atom is 0.191 e. The number of nitrogens with one attached hydrogen (secondary N) is 2. The van der Waals surface area contributed by atoms with Crippen molar-refractivity contribution >= 4 is 29.9 Å².